The van der Waals surface area contributed by atoms with Crippen molar-refractivity contribution in [3.8, 4) is 5.75 Å². The summed E-state index contributed by atoms with van der Waals surface area (Å²) >= 11 is 12.1. The quantitative estimate of drug-likeness (QED) is 0.218. The van der Waals surface area contributed by atoms with Crippen LogP contribution in [0.1, 0.15) is 42.9 Å². The summed E-state index contributed by atoms with van der Waals surface area (Å²) in [6, 6.07) is 17.7. The number of rotatable bonds is 13. The lowest BCUT2D eigenvalue weighted by atomic mass is 9.90. The number of aryl methyl sites for hydroxylation is 1. The average Bonchev–Trinajstić information content (AvgIpc) is 2.96. The number of alkyl halides is 3. The molecular formula is C32H33Cl2F3N2O4. The van der Waals surface area contributed by atoms with Gasteiger partial charge in [-0.15, -0.1) is 0 Å². The van der Waals surface area contributed by atoms with Gasteiger partial charge in [-0.1, -0.05) is 73.4 Å². The zero-order valence-electron chi connectivity index (χ0n) is 23.9. The molecule has 0 aromatic heterocycles. The number of carbonyl (C=O) groups excluding carboxylic acids is 3. The lowest BCUT2D eigenvalue weighted by Gasteiger charge is -2.27. The second-order valence-electron chi connectivity index (χ2n) is 10.5. The molecule has 0 saturated carbocycles. The number of carbonyl (C=O) groups is 3. The molecule has 3 aromatic rings. The minimum Gasteiger partial charge on any atom is -0.497 e. The van der Waals surface area contributed by atoms with Gasteiger partial charge in [0, 0.05) is 10.0 Å². The van der Waals surface area contributed by atoms with Crippen molar-refractivity contribution in [2.24, 2.45) is 5.92 Å². The molecule has 1 unspecified atom stereocenters. The Labute approximate surface area is 258 Å². The highest BCUT2D eigenvalue weighted by Crippen LogP contribution is 2.26. The summed E-state index contributed by atoms with van der Waals surface area (Å²) < 4.78 is 45.2. The number of halogens is 5. The number of hydrogen-bond acceptors (Lipinski definition) is 4. The molecule has 0 aliphatic heterocycles. The van der Waals surface area contributed by atoms with Gasteiger partial charge in [-0.2, -0.15) is 13.2 Å². The molecule has 43 heavy (non-hydrogen) atoms. The van der Waals surface area contributed by atoms with Gasteiger partial charge in [0.1, 0.15) is 11.8 Å². The summed E-state index contributed by atoms with van der Waals surface area (Å²) in [5.41, 5.74) is 2.20. The largest absolute Gasteiger partial charge is 0.497 e. The van der Waals surface area contributed by atoms with Crippen LogP contribution in [0.3, 0.4) is 0 Å². The molecule has 0 saturated heterocycles. The molecule has 3 atom stereocenters. The first-order valence-electron chi connectivity index (χ1n) is 13.6. The van der Waals surface area contributed by atoms with Gasteiger partial charge in [-0.3, -0.25) is 14.4 Å². The van der Waals surface area contributed by atoms with Crippen molar-refractivity contribution in [2.75, 3.05) is 7.11 Å². The fourth-order valence-electron chi connectivity index (χ4n) is 4.56. The number of benzene rings is 3. The molecule has 0 heterocycles. The third kappa shape index (κ3) is 10.0. The standard InChI is InChI=1S/C32H33Cl2F3N2O4/c1-19(2)28(29(40)32(35,36)37)39-31(42)27(16-9-20-5-4-6-24(34)17-20)38-30(41)26(18-21-7-12-23(33)13-8-21)22-10-14-25(43-3)15-11-22/h4-8,10-15,17,19,26-28H,9,16,18H2,1-3H3,(H,38,41)(H,39,42)/t26?,27-,28-/m0/s1. The fraction of sp³-hybridized carbons (Fsp3) is 0.344. The van der Waals surface area contributed by atoms with Crippen molar-refractivity contribution in [3.05, 3.63) is 99.5 Å². The predicted octanol–water partition coefficient (Wildman–Crippen LogP) is 6.72. The Morgan fingerprint density at radius 2 is 1.49 bits per heavy atom. The fourth-order valence-corrected chi connectivity index (χ4v) is 4.90. The summed E-state index contributed by atoms with van der Waals surface area (Å²) in [5.74, 6) is -4.51. The smallest absolute Gasteiger partial charge is 0.452 e. The van der Waals surface area contributed by atoms with Gasteiger partial charge in [-0.25, -0.2) is 0 Å². The van der Waals surface area contributed by atoms with Gasteiger partial charge in [0.25, 0.3) is 5.78 Å². The van der Waals surface area contributed by atoms with Crippen molar-refractivity contribution in [1.82, 2.24) is 10.6 Å². The van der Waals surface area contributed by atoms with Crippen LogP contribution in [0.25, 0.3) is 0 Å². The van der Waals surface area contributed by atoms with Crippen molar-refractivity contribution < 1.29 is 32.3 Å². The number of methoxy groups -OCH3 is 1. The average molecular weight is 638 g/mol. The summed E-state index contributed by atoms with van der Waals surface area (Å²) in [5, 5.41) is 5.99. The van der Waals surface area contributed by atoms with Gasteiger partial charge in [0.2, 0.25) is 11.8 Å². The van der Waals surface area contributed by atoms with Crippen LogP contribution in [0.5, 0.6) is 5.75 Å². The predicted molar refractivity (Wildman–Crippen MR) is 160 cm³/mol. The van der Waals surface area contributed by atoms with Crippen LogP contribution in [0.4, 0.5) is 13.2 Å². The molecule has 3 aromatic carbocycles. The molecule has 0 aliphatic carbocycles. The summed E-state index contributed by atoms with van der Waals surface area (Å²) in [6.07, 6.45) is -4.57. The number of ether oxygens (including phenoxy) is 1. The molecule has 3 rings (SSSR count). The van der Waals surface area contributed by atoms with Gasteiger partial charge in [0.15, 0.2) is 0 Å². The van der Waals surface area contributed by atoms with E-state index in [0.717, 1.165) is 11.1 Å². The van der Waals surface area contributed by atoms with E-state index < -0.39 is 47.7 Å². The summed E-state index contributed by atoms with van der Waals surface area (Å²) in [6.45, 7) is 2.81. The maximum atomic E-state index is 13.8. The minimum absolute atomic E-state index is 0.0409. The van der Waals surface area contributed by atoms with Crippen LogP contribution in [0.2, 0.25) is 10.0 Å². The van der Waals surface area contributed by atoms with Gasteiger partial charge >= 0.3 is 6.18 Å². The van der Waals surface area contributed by atoms with E-state index in [1.165, 1.54) is 21.0 Å². The Morgan fingerprint density at radius 1 is 0.837 bits per heavy atom. The van der Waals surface area contributed by atoms with Crippen molar-refractivity contribution in [3.63, 3.8) is 0 Å². The second-order valence-corrected chi connectivity index (χ2v) is 11.4. The monoisotopic (exact) mass is 636 g/mol. The molecule has 0 radical (unpaired) electrons. The number of hydrogen-bond donors (Lipinski definition) is 2. The van der Waals surface area contributed by atoms with Crippen LogP contribution < -0.4 is 15.4 Å². The molecular weight excluding hydrogens is 604 g/mol. The normalized spacial score (nSPS) is 13.6. The van der Waals surface area contributed by atoms with Crippen LogP contribution in [-0.2, 0) is 27.2 Å². The first-order valence-corrected chi connectivity index (χ1v) is 14.4. The highest BCUT2D eigenvalue weighted by molar-refractivity contribution is 6.30. The summed E-state index contributed by atoms with van der Waals surface area (Å²) in [7, 11) is 1.52. The van der Waals surface area contributed by atoms with Crippen LogP contribution in [-0.4, -0.2) is 43.0 Å². The number of ketones is 1. The first-order chi connectivity index (χ1) is 20.3. The Hall–Kier alpha value is -3.56. The molecule has 0 aliphatic rings. The Balaban J connectivity index is 1.92. The van der Waals surface area contributed by atoms with E-state index in [2.05, 4.69) is 10.6 Å². The molecule has 2 N–H and O–H groups in total. The number of nitrogens with one attached hydrogen (secondary N) is 2. The Kier molecular flexibility index (Phi) is 12.0. The Bertz CT molecular complexity index is 1400. The third-order valence-electron chi connectivity index (χ3n) is 6.96. The zero-order valence-corrected chi connectivity index (χ0v) is 25.4. The molecule has 0 spiro atoms. The van der Waals surface area contributed by atoms with E-state index in [4.69, 9.17) is 27.9 Å². The maximum Gasteiger partial charge on any atom is 0.452 e. The number of Topliss-reactive ketones (excluding diaryl/α,β-unsaturated/α-hetero) is 1. The highest BCUT2D eigenvalue weighted by Gasteiger charge is 2.45. The third-order valence-corrected chi connectivity index (χ3v) is 7.44. The molecule has 11 heteroatoms. The van der Waals surface area contributed by atoms with Gasteiger partial charge < -0.3 is 15.4 Å². The van der Waals surface area contributed by atoms with Crippen LogP contribution >= 0.6 is 23.2 Å². The first kappa shape index (κ1) is 33.9. The number of amides is 2. The zero-order chi connectivity index (χ0) is 31.7. The van der Waals surface area contributed by atoms with Crippen molar-refractivity contribution in [1.29, 1.82) is 0 Å². The maximum absolute atomic E-state index is 13.8. The molecule has 6 nitrogen and oxygen atoms in total. The Morgan fingerprint density at radius 3 is 2.05 bits per heavy atom. The molecule has 230 valence electrons. The molecule has 2 amide bonds. The highest BCUT2D eigenvalue weighted by atomic mass is 35.5. The molecule has 0 bridgehead atoms. The van der Waals surface area contributed by atoms with Gasteiger partial charge in [-0.05, 0) is 78.3 Å². The van der Waals surface area contributed by atoms with Gasteiger partial charge in [0.05, 0.1) is 19.1 Å². The molecule has 0 fully saturated rings. The van der Waals surface area contributed by atoms with Crippen LogP contribution in [0.15, 0.2) is 72.8 Å². The van der Waals surface area contributed by atoms with Crippen molar-refractivity contribution in [2.45, 2.75) is 57.3 Å². The van der Waals surface area contributed by atoms with E-state index in [0.29, 0.717) is 21.4 Å². The SMILES string of the molecule is COc1ccc(C(Cc2ccc(Cl)cc2)C(=O)N[C@@H](CCc2cccc(Cl)c2)C(=O)N[C@H](C(=O)C(F)(F)F)C(C)C)cc1. The minimum atomic E-state index is -5.14. The summed E-state index contributed by atoms with van der Waals surface area (Å²) in [4.78, 5) is 39.4. The van der Waals surface area contributed by atoms with E-state index >= 15 is 0 Å². The van der Waals surface area contributed by atoms with E-state index in [1.807, 2.05) is 0 Å². The van der Waals surface area contributed by atoms with Crippen LogP contribution in [0, 0.1) is 5.92 Å². The van der Waals surface area contributed by atoms with E-state index in [9.17, 15) is 27.6 Å². The lowest BCUT2D eigenvalue weighted by molar-refractivity contribution is -0.175. The topological polar surface area (TPSA) is 84.5 Å². The van der Waals surface area contributed by atoms with E-state index in [1.54, 1.807) is 72.8 Å². The van der Waals surface area contributed by atoms with Crippen molar-refractivity contribution >= 4 is 40.8 Å². The second kappa shape index (κ2) is 15.3. The lowest BCUT2D eigenvalue weighted by Crippen LogP contribution is -2.56. The van der Waals surface area contributed by atoms with E-state index in [-0.39, 0.29) is 19.3 Å².